The van der Waals surface area contributed by atoms with Gasteiger partial charge in [0.1, 0.15) is 17.9 Å². The highest BCUT2D eigenvalue weighted by Gasteiger charge is 2.13. The lowest BCUT2D eigenvalue weighted by Gasteiger charge is -2.26. The zero-order chi connectivity index (χ0) is 24.6. The molecule has 1 aliphatic rings. The van der Waals surface area contributed by atoms with Crippen molar-refractivity contribution in [2.45, 2.75) is 6.42 Å². The molecule has 1 fully saturated rings. The third-order valence-electron chi connectivity index (χ3n) is 6.06. The summed E-state index contributed by atoms with van der Waals surface area (Å²) < 4.78 is 22.5. The largest absolute Gasteiger partial charge is 0.493 e. The summed E-state index contributed by atoms with van der Waals surface area (Å²) in [5.74, 6) is 2.87. The number of rotatable bonds is 10. The first-order valence-electron chi connectivity index (χ1n) is 12.1. The van der Waals surface area contributed by atoms with E-state index >= 15 is 0 Å². The molecular weight excluding hydrogens is 456 g/mol. The van der Waals surface area contributed by atoms with Crippen molar-refractivity contribution in [3.63, 3.8) is 0 Å². The topological polar surface area (TPSA) is 81.9 Å². The molecular formula is C28H30N4O4. The van der Waals surface area contributed by atoms with Crippen LogP contribution in [0.4, 0.5) is 11.5 Å². The molecule has 0 amide bonds. The van der Waals surface area contributed by atoms with Crippen LogP contribution < -0.4 is 14.8 Å². The molecule has 0 bridgehead atoms. The summed E-state index contributed by atoms with van der Waals surface area (Å²) in [5.41, 5.74) is 2.78. The number of morpholine rings is 1. The molecule has 1 aliphatic heterocycles. The van der Waals surface area contributed by atoms with Gasteiger partial charge in [0.2, 0.25) is 0 Å². The monoisotopic (exact) mass is 486 g/mol. The third kappa shape index (κ3) is 6.02. The highest BCUT2D eigenvalue weighted by Crippen LogP contribution is 2.35. The van der Waals surface area contributed by atoms with Crippen LogP contribution >= 0.6 is 0 Å². The Morgan fingerprint density at radius 2 is 1.89 bits per heavy atom. The Kier molecular flexibility index (Phi) is 7.75. The molecule has 1 saturated heterocycles. The minimum Gasteiger partial charge on any atom is -0.493 e. The molecule has 186 valence electrons. The van der Waals surface area contributed by atoms with Crippen LogP contribution in [0.5, 0.6) is 11.5 Å². The Morgan fingerprint density at radius 1 is 1.03 bits per heavy atom. The zero-order valence-corrected chi connectivity index (χ0v) is 20.4. The van der Waals surface area contributed by atoms with Crippen molar-refractivity contribution >= 4 is 34.6 Å². The number of anilines is 2. The van der Waals surface area contributed by atoms with Crippen molar-refractivity contribution in [1.29, 1.82) is 0 Å². The molecule has 3 heterocycles. The van der Waals surface area contributed by atoms with E-state index in [0.717, 1.165) is 67.2 Å². The molecule has 0 unspecified atom stereocenters. The summed E-state index contributed by atoms with van der Waals surface area (Å²) in [7, 11) is 1.64. The van der Waals surface area contributed by atoms with Gasteiger partial charge >= 0.3 is 0 Å². The molecule has 8 heteroatoms. The Balaban J connectivity index is 1.28. The third-order valence-corrected chi connectivity index (χ3v) is 6.06. The number of benzene rings is 2. The number of ether oxygens (including phenoxy) is 3. The van der Waals surface area contributed by atoms with Gasteiger partial charge in [-0.15, -0.1) is 0 Å². The fourth-order valence-electron chi connectivity index (χ4n) is 4.11. The second kappa shape index (κ2) is 11.7. The lowest BCUT2D eigenvalue weighted by atomic mass is 10.1. The molecule has 36 heavy (non-hydrogen) atoms. The maximum absolute atomic E-state index is 6.12. The molecule has 0 atom stereocenters. The number of fused-ring (bicyclic) bond motifs is 1. The summed E-state index contributed by atoms with van der Waals surface area (Å²) in [6.07, 6.45) is 8.09. The summed E-state index contributed by atoms with van der Waals surface area (Å²) >= 11 is 0. The van der Waals surface area contributed by atoms with Gasteiger partial charge in [-0.3, -0.25) is 4.90 Å². The molecule has 4 aromatic rings. The predicted molar refractivity (Wildman–Crippen MR) is 141 cm³/mol. The predicted octanol–water partition coefficient (Wildman–Crippen LogP) is 5.25. The first-order valence-corrected chi connectivity index (χ1v) is 12.1. The van der Waals surface area contributed by atoms with E-state index in [1.54, 1.807) is 19.7 Å². The average molecular weight is 487 g/mol. The number of hydrogen-bond acceptors (Lipinski definition) is 8. The van der Waals surface area contributed by atoms with Crippen LogP contribution in [0.1, 0.15) is 17.7 Å². The van der Waals surface area contributed by atoms with E-state index in [1.807, 2.05) is 60.7 Å². The van der Waals surface area contributed by atoms with Gasteiger partial charge in [-0.25, -0.2) is 9.97 Å². The van der Waals surface area contributed by atoms with Crippen LogP contribution in [0, 0.1) is 0 Å². The molecule has 0 radical (unpaired) electrons. The highest BCUT2D eigenvalue weighted by molar-refractivity contribution is 5.93. The van der Waals surface area contributed by atoms with Crippen molar-refractivity contribution in [2.24, 2.45) is 0 Å². The molecule has 0 spiro atoms. The lowest BCUT2D eigenvalue weighted by Crippen LogP contribution is -2.37. The van der Waals surface area contributed by atoms with Gasteiger partial charge in [0.15, 0.2) is 11.5 Å². The van der Waals surface area contributed by atoms with E-state index in [0.29, 0.717) is 23.9 Å². The van der Waals surface area contributed by atoms with Crippen molar-refractivity contribution in [2.75, 3.05) is 51.9 Å². The van der Waals surface area contributed by atoms with E-state index in [2.05, 4.69) is 20.2 Å². The standard InChI is InChI=1S/C28H30N4O4/c1-33-26-19-25-24(18-27(26)36-15-3-11-32-12-16-34-17-13-32)28(30-20-29-25)31-22-8-5-21(6-9-22)7-10-23-4-2-14-35-23/h2,4-10,14,18-20H,3,11-13,15-17H2,1H3,(H,29,30,31)/b10-7+. The number of methoxy groups -OCH3 is 1. The Hall–Kier alpha value is -3.88. The van der Waals surface area contributed by atoms with Crippen molar-refractivity contribution in [3.05, 3.63) is 72.4 Å². The van der Waals surface area contributed by atoms with E-state index in [9.17, 15) is 0 Å². The molecule has 2 aromatic heterocycles. The average Bonchev–Trinajstić information content (AvgIpc) is 3.45. The SMILES string of the molecule is COc1cc2ncnc(Nc3ccc(/C=C/c4ccco4)cc3)c2cc1OCCCN1CCOCC1. The first-order chi connectivity index (χ1) is 17.8. The number of hydrogen-bond donors (Lipinski definition) is 1. The van der Waals surface area contributed by atoms with Gasteiger partial charge in [-0.2, -0.15) is 0 Å². The molecule has 1 N–H and O–H groups in total. The van der Waals surface area contributed by atoms with Crippen LogP contribution in [-0.2, 0) is 4.74 Å². The van der Waals surface area contributed by atoms with E-state index in [4.69, 9.17) is 18.6 Å². The maximum atomic E-state index is 6.12. The minimum atomic E-state index is 0.600. The second-order valence-electron chi connectivity index (χ2n) is 8.49. The second-order valence-corrected chi connectivity index (χ2v) is 8.49. The van der Waals surface area contributed by atoms with Crippen LogP contribution in [0.3, 0.4) is 0 Å². The Bertz CT molecular complexity index is 1280. The summed E-state index contributed by atoms with van der Waals surface area (Å²) in [6.45, 7) is 5.16. The first kappa shape index (κ1) is 23.8. The van der Waals surface area contributed by atoms with Crippen LogP contribution in [0.15, 0.2) is 65.5 Å². The summed E-state index contributed by atoms with van der Waals surface area (Å²) in [4.78, 5) is 11.3. The lowest BCUT2D eigenvalue weighted by molar-refractivity contribution is 0.0357. The molecule has 2 aromatic carbocycles. The van der Waals surface area contributed by atoms with Gasteiger partial charge in [0.05, 0.1) is 38.7 Å². The van der Waals surface area contributed by atoms with E-state index < -0.39 is 0 Å². The van der Waals surface area contributed by atoms with E-state index in [1.165, 1.54) is 0 Å². The highest BCUT2D eigenvalue weighted by atomic mass is 16.5. The fraction of sp³-hybridized carbons (Fsp3) is 0.286. The molecule has 5 rings (SSSR count). The smallest absolute Gasteiger partial charge is 0.162 e. The maximum Gasteiger partial charge on any atom is 0.162 e. The van der Waals surface area contributed by atoms with Gasteiger partial charge in [0.25, 0.3) is 0 Å². The number of aromatic nitrogens is 2. The van der Waals surface area contributed by atoms with Crippen LogP contribution in [-0.4, -0.2) is 61.4 Å². The van der Waals surface area contributed by atoms with Gasteiger partial charge in [-0.1, -0.05) is 18.2 Å². The summed E-state index contributed by atoms with van der Waals surface area (Å²) in [6, 6.07) is 15.7. The zero-order valence-electron chi connectivity index (χ0n) is 20.4. The summed E-state index contributed by atoms with van der Waals surface area (Å²) in [5, 5.41) is 4.27. The van der Waals surface area contributed by atoms with Crippen molar-refractivity contribution < 1.29 is 18.6 Å². The van der Waals surface area contributed by atoms with Crippen LogP contribution in [0.2, 0.25) is 0 Å². The van der Waals surface area contributed by atoms with Gasteiger partial charge < -0.3 is 23.9 Å². The van der Waals surface area contributed by atoms with Gasteiger partial charge in [0, 0.05) is 36.8 Å². The normalized spacial score (nSPS) is 14.4. The quantitative estimate of drug-likeness (QED) is 0.305. The van der Waals surface area contributed by atoms with Gasteiger partial charge in [-0.05, 0) is 48.4 Å². The van der Waals surface area contributed by atoms with Crippen molar-refractivity contribution in [3.8, 4) is 11.5 Å². The minimum absolute atomic E-state index is 0.600. The van der Waals surface area contributed by atoms with Crippen LogP contribution in [0.25, 0.3) is 23.1 Å². The Morgan fingerprint density at radius 3 is 2.67 bits per heavy atom. The molecule has 0 saturated carbocycles. The number of nitrogens with one attached hydrogen (secondary N) is 1. The number of nitrogens with zero attached hydrogens (tertiary/aromatic N) is 3. The van der Waals surface area contributed by atoms with E-state index in [-0.39, 0.29) is 0 Å². The molecule has 8 nitrogen and oxygen atoms in total. The number of furan rings is 1. The molecule has 0 aliphatic carbocycles. The Labute approximate surface area is 210 Å². The fourth-order valence-corrected chi connectivity index (χ4v) is 4.11. The van der Waals surface area contributed by atoms with Crippen molar-refractivity contribution in [1.82, 2.24) is 14.9 Å².